The highest BCUT2D eigenvalue weighted by Crippen LogP contribution is 2.19. The number of hydrogen-bond donors (Lipinski definition) is 2. The molecule has 0 unspecified atom stereocenters. The van der Waals surface area contributed by atoms with Crippen LogP contribution in [-0.4, -0.2) is 21.6 Å². The lowest BCUT2D eigenvalue weighted by Gasteiger charge is -2.08. The van der Waals surface area contributed by atoms with Gasteiger partial charge in [-0.2, -0.15) is 0 Å². The summed E-state index contributed by atoms with van der Waals surface area (Å²) >= 11 is 3.02. The van der Waals surface area contributed by atoms with Crippen LogP contribution in [0.3, 0.4) is 0 Å². The molecule has 0 saturated carbocycles. The number of hydrogen-bond acceptors (Lipinski definition) is 2. The monoisotopic (exact) mass is 340 g/mol. The Hall–Kier alpha value is -2.15. The topological polar surface area (TPSA) is 71.3 Å². The van der Waals surface area contributed by atoms with Crippen LogP contribution in [0.4, 0.5) is 10.1 Å². The zero-order valence-corrected chi connectivity index (χ0v) is 11.7. The van der Waals surface area contributed by atoms with Gasteiger partial charge in [-0.1, -0.05) is 0 Å². The molecule has 1 amide bonds. The first-order chi connectivity index (χ1) is 9.47. The van der Waals surface area contributed by atoms with Crippen molar-refractivity contribution in [3.8, 4) is 0 Å². The molecule has 0 aliphatic rings. The summed E-state index contributed by atoms with van der Waals surface area (Å²) < 4.78 is 14.9. The van der Waals surface area contributed by atoms with Gasteiger partial charge in [0.1, 0.15) is 18.1 Å². The van der Waals surface area contributed by atoms with Gasteiger partial charge in [-0.05, 0) is 46.3 Å². The molecule has 1 aromatic carbocycles. The van der Waals surface area contributed by atoms with Gasteiger partial charge >= 0.3 is 5.97 Å². The van der Waals surface area contributed by atoms with Gasteiger partial charge in [-0.3, -0.25) is 9.59 Å². The van der Waals surface area contributed by atoms with Crippen LogP contribution in [0.2, 0.25) is 0 Å². The van der Waals surface area contributed by atoms with Gasteiger partial charge in [-0.15, -0.1) is 0 Å². The van der Waals surface area contributed by atoms with E-state index in [4.69, 9.17) is 5.11 Å². The van der Waals surface area contributed by atoms with Gasteiger partial charge in [0, 0.05) is 11.9 Å². The molecular weight excluding hydrogens is 331 g/mol. The summed E-state index contributed by atoms with van der Waals surface area (Å²) in [5.41, 5.74) is 0.481. The second kappa shape index (κ2) is 5.87. The molecule has 0 aliphatic heterocycles. The Morgan fingerprint density at radius 3 is 2.75 bits per heavy atom. The molecule has 0 atom stereocenters. The van der Waals surface area contributed by atoms with E-state index in [9.17, 15) is 14.0 Å². The molecule has 1 heterocycles. The highest BCUT2D eigenvalue weighted by Gasteiger charge is 2.13. The molecule has 0 aliphatic carbocycles. The molecule has 0 spiro atoms. The molecule has 20 heavy (non-hydrogen) atoms. The maximum Gasteiger partial charge on any atom is 0.323 e. The quantitative estimate of drug-likeness (QED) is 0.898. The second-order valence-electron chi connectivity index (χ2n) is 4.00. The van der Waals surface area contributed by atoms with E-state index < -0.39 is 17.7 Å². The van der Waals surface area contributed by atoms with Crippen LogP contribution in [-0.2, 0) is 11.3 Å². The maximum absolute atomic E-state index is 13.3. The minimum atomic E-state index is -1.05. The van der Waals surface area contributed by atoms with E-state index in [2.05, 4.69) is 21.2 Å². The van der Waals surface area contributed by atoms with Gasteiger partial charge in [0.05, 0.1) is 4.47 Å². The summed E-state index contributed by atoms with van der Waals surface area (Å²) in [6, 6.07) is 7.25. The Kier molecular flexibility index (Phi) is 4.19. The fourth-order valence-corrected chi connectivity index (χ4v) is 1.92. The average molecular weight is 341 g/mol. The van der Waals surface area contributed by atoms with Crippen LogP contribution in [0.25, 0.3) is 0 Å². The van der Waals surface area contributed by atoms with Gasteiger partial charge in [0.25, 0.3) is 5.91 Å². The number of benzene rings is 1. The third-order valence-electron chi connectivity index (χ3n) is 2.55. The van der Waals surface area contributed by atoms with Crippen LogP contribution in [0.15, 0.2) is 41.0 Å². The number of amides is 1. The van der Waals surface area contributed by atoms with Crippen LogP contribution in [0.1, 0.15) is 10.5 Å². The Balaban J connectivity index is 2.17. The molecule has 0 fully saturated rings. The SMILES string of the molecule is O=C(O)Cn1cccc1C(=O)Nc1ccc(Br)c(F)c1. The first-order valence-electron chi connectivity index (χ1n) is 5.60. The smallest absolute Gasteiger partial charge is 0.323 e. The Morgan fingerprint density at radius 2 is 2.10 bits per heavy atom. The molecule has 1 aromatic heterocycles. The number of rotatable bonds is 4. The van der Waals surface area contributed by atoms with E-state index >= 15 is 0 Å². The number of carbonyl (C=O) groups is 2. The molecule has 104 valence electrons. The predicted octanol–water partition coefficient (Wildman–Crippen LogP) is 2.73. The number of carboxylic acid groups (broad SMARTS) is 1. The molecule has 7 heteroatoms. The van der Waals surface area contributed by atoms with Gasteiger partial charge in [0.2, 0.25) is 0 Å². The van der Waals surface area contributed by atoms with Crippen molar-refractivity contribution in [3.63, 3.8) is 0 Å². The summed E-state index contributed by atoms with van der Waals surface area (Å²) in [7, 11) is 0. The lowest BCUT2D eigenvalue weighted by molar-refractivity contribution is -0.137. The first kappa shape index (κ1) is 14.3. The third-order valence-corrected chi connectivity index (χ3v) is 3.19. The van der Waals surface area contributed by atoms with Crippen molar-refractivity contribution in [2.75, 3.05) is 5.32 Å². The van der Waals surface area contributed by atoms with E-state index in [0.29, 0.717) is 10.2 Å². The van der Waals surface area contributed by atoms with Crippen molar-refractivity contribution in [1.82, 2.24) is 4.57 Å². The van der Waals surface area contributed by atoms with Crippen molar-refractivity contribution in [2.45, 2.75) is 6.54 Å². The van der Waals surface area contributed by atoms with E-state index in [1.807, 2.05) is 0 Å². The van der Waals surface area contributed by atoms with Crippen molar-refractivity contribution in [2.24, 2.45) is 0 Å². The number of halogens is 2. The van der Waals surface area contributed by atoms with Gasteiger partial charge in [-0.25, -0.2) is 4.39 Å². The lowest BCUT2D eigenvalue weighted by Crippen LogP contribution is -2.19. The van der Waals surface area contributed by atoms with Crippen LogP contribution in [0, 0.1) is 5.82 Å². The van der Waals surface area contributed by atoms with Crippen molar-refractivity contribution < 1.29 is 19.1 Å². The summed E-state index contributed by atoms with van der Waals surface area (Å²) in [5.74, 6) is -2.05. The fraction of sp³-hybridized carbons (Fsp3) is 0.0769. The minimum absolute atomic E-state index is 0.190. The van der Waals surface area contributed by atoms with Gasteiger partial charge < -0.3 is 15.0 Å². The molecule has 0 saturated heterocycles. The van der Waals surface area contributed by atoms with E-state index in [-0.39, 0.29) is 12.2 Å². The standard InChI is InChI=1S/C13H10BrFN2O3/c14-9-4-3-8(6-10(9)15)16-13(20)11-2-1-5-17(11)7-12(18)19/h1-6H,7H2,(H,16,20)(H,18,19). The average Bonchev–Trinajstić information content (AvgIpc) is 2.81. The minimum Gasteiger partial charge on any atom is -0.480 e. The largest absolute Gasteiger partial charge is 0.480 e. The first-order valence-corrected chi connectivity index (χ1v) is 6.40. The Morgan fingerprint density at radius 1 is 1.35 bits per heavy atom. The molecular formula is C13H10BrFN2O3. The number of aromatic nitrogens is 1. The zero-order valence-electron chi connectivity index (χ0n) is 10.1. The van der Waals surface area contributed by atoms with Crippen molar-refractivity contribution in [3.05, 3.63) is 52.5 Å². The van der Waals surface area contributed by atoms with E-state index in [0.717, 1.165) is 0 Å². The lowest BCUT2D eigenvalue weighted by atomic mass is 10.3. The van der Waals surface area contributed by atoms with Crippen molar-refractivity contribution >= 4 is 33.5 Å². The summed E-state index contributed by atoms with van der Waals surface area (Å²) in [5, 5.41) is 11.3. The number of carbonyl (C=O) groups excluding carboxylic acids is 1. The van der Waals surface area contributed by atoms with Crippen LogP contribution in [0.5, 0.6) is 0 Å². The van der Waals surface area contributed by atoms with Crippen LogP contribution < -0.4 is 5.32 Å². The highest BCUT2D eigenvalue weighted by molar-refractivity contribution is 9.10. The Bertz CT molecular complexity index is 669. The van der Waals surface area contributed by atoms with E-state index in [1.54, 1.807) is 6.07 Å². The number of anilines is 1. The Labute approximate surface area is 122 Å². The van der Waals surface area contributed by atoms with Crippen LogP contribution >= 0.6 is 15.9 Å². The normalized spacial score (nSPS) is 10.3. The maximum atomic E-state index is 13.3. The van der Waals surface area contributed by atoms with Crippen molar-refractivity contribution in [1.29, 1.82) is 0 Å². The number of nitrogens with one attached hydrogen (secondary N) is 1. The molecule has 2 rings (SSSR count). The molecule has 0 radical (unpaired) electrons. The summed E-state index contributed by atoms with van der Waals surface area (Å²) in [6.07, 6.45) is 1.49. The number of carboxylic acids is 1. The molecule has 0 bridgehead atoms. The van der Waals surface area contributed by atoms with Gasteiger partial charge in [0.15, 0.2) is 0 Å². The summed E-state index contributed by atoms with van der Waals surface area (Å²) in [6.45, 7) is -0.315. The van der Waals surface area contributed by atoms with E-state index in [1.165, 1.54) is 35.0 Å². The second-order valence-corrected chi connectivity index (χ2v) is 4.85. The zero-order chi connectivity index (χ0) is 14.7. The number of aliphatic carboxylic acids is 1. The highest BCUT2D eigenvalue weighted by atomic mass is 79.9. The fourth-order valence-electron chi connectivity index (χ4n) is 1.67. The molecule has 5 nitrogen and oxygen atoms in total. The molecule has 2 N–H and O–H groups in total. The predicted molar refractivity (Wildman–Crippen MR) is 74.1 cm³/mol. The summed E-state index contributed by atoms with van der Waals surface area (Å²) in [4.78, 5) is 22.7. The third kappa shape index (κ3) is 3.24. The number of nitrogens with zero attached hydrogens (tertiary/aromatic N) is 1. The molecule has 2 aromatic rings.